The molecule has 6 nitrogen and oxygen atoms in total. The van der Waals surface area contributed by atoms with E-state index in [0.29, 0.717) is 29.6 Å². The average molecular weight is 422 g/mol. The monoisotopic (exact) mass is 421 g/mol. The van der Waals surface area contributed by atoms with Gasteiger partial charge in [0.1, 0.15) is 11.6 Å². The van der Waals surface area contributed by atoms with Crippen LogP contribution in [0.5, 0.6) is 0 Å². The average Bonchev–Trinajstić information content (AvgIpc) is 3.54. The number of anilines is 1. The molecule has 156 valence electrons. The number of nitrogens with zero attached hydrogens (tertiary/aromatic N) is 2. The summed E-state index contributed by atoms with van der Waals surface area (Å²) in [6.07, 6.45) is 5.59. The molecule has 2 aromatic rings. The van der Waals surface area contributed by atoms with Crippen molar-refractivity contribution in [3.05, 3.63) is 45.1 Å². The maximum absolute atomic E-state index is 15.2. The standard InChI is InChI=1S/C21H24FN3O3.ClH/c1-10-18-13(11-2-3-11)6-14(21(27)28)20(26)25(18)8-16(22)19(10)24-7-15(12-4-5-12)17(23)9-24;/h6,8,11-12,15,17H,2-5,7,9,23H2,1H3,(H,27,28);1H/t15-,17+;/m0./s1. The summed E-state index contributed by atoms with van der Waals surface area (Å²) >= 11 is 0. The van der Waals surface area contributed by atoms with E-state index in [1.165, 1.54) is 29.5 Å². The molecule has 4 N–H and O–H groups in total. The molecule has 0 unspecified atom stereocenters. The maximum atomic E-state index is 15.2. The molecule has 1 aliphatic heterocycles. The number of aromatic nitrogens is 1. The van der Waals surface area contributed by atoms with Crippen LogP contribution in [-0.2, 0) is 0 Å². The number of carboxylic acids is 1. The highest BCUT2D eigenvalue weighted by Gasteiger charge is 2.44. The van der Waals surface area contributed by atoms with E-state index in [1.807, 2.05) is 6.92 Å². The summed E-state index contributed by atoms with van der Waals surface area (Å²) in [5.74, 6) is -0.298. The Labute approximate surface area is 173 Å². The first-order chi connectivity index (χ1) is 13.4. The van der Waals surface area contributed by atoms with E-state index in [9.17, 15) is 14.7 Å². The van der Waals surface area contributed by atoms with Crippen LogP contribution in [0.4, 0.5) is 10.1 Å². The summed E-state index contributed by atoms with van der Waals surface area (Å²) in [6.45, 7) is 3.36. The Balaban J connectivity index is 0.00000205. The van der Waals surface area contributed by atoms with Gasteiger partial charge in [0, 0.05) is 12.5 Å². The van der Waals surface area contributed by atoms with Crippen molar-refractivity contribution in [2.45, 2.75) is 44.6 Å². The molecule has 0 bridgehead atoms. The molecule has 3 fully saturated rings. The Morgan fingerprint density at radius 1 is 1.24 bits per heavy atom. The van der Waals surface area contributed by atoms with Gasteiger partial charge in [0.2, 0.25) is 0 Å². The molecule has 8 heteroatoms. The molecular formula is C21H25ClFN3O3. The number of aryl methyl sites for hydroxylation is 1. The lowest BCUT2D eigenvalue weighted by Gasteiger charge is -2.23. The van der Waals surface area contributed by atoms with Crippen molar-refractivity contribution in [1.29, 1.82) is 0 Å². The molecule has 3 aliphatic rings. The van der Waals surface area contributed by atoms with Crippen LogP contribution in [0, 0.1) is 24.6 Å². The summed E-state index contributed by atoms with van der Waals surface area (Å²) < 4.78 is 16.4. The minimum atomic E-state index is -1.27. The zero-order valence-electron chi connectivity index (χ0n) is 16.3. The summed E-state index contributed by atoms with van der Waals surface area (Å²) in [4.78, 5) is 26.3. The van der Waals surface area contributed by atoms with Crippen molar-refractivity contribution in [2.75, 3.05) is 18.0 Å². The number of carboxylic acid groups (broad SMARTS) is 1. The lowest BCUT2D eigenvalue weighted by Crippen LogP contribution is -3.00. The predicted molar refractivity (Wildman–Crippen MR) is 102 cm³/mol. The van der Waals surface area contributed by atoms with Gasteiger partial charge < -0.3 is 28.1 Å². The summed E-state index contributed by atoms with van der Waals surface area (Å²) in [5.41, 5.74) is 6.11. The number of aromatic carboxylic acids is 1. The van der Waals surface area contributed by atoms with Crippen molar-refractivity contribution < 1.29 is 32.4 Å². The third-order valence-electron chi connectivity index (χ3n) is 6.73. The fourth-order valence-corrected chi connectivity index (χ4v) is 5.03. The van der Waals surface area contributed by atoms with Crippen LogP contribution in [0.25, 0.3) is 5.52 Å². The first kappa shape index (κ1) is 20.2. The zero-order valence-corrected chi connectivity index (χ0v) is 17.1. The predicted octanol–water partition coefficient (Wildman–Crippen LogP) is -1.22. The van der Waals surface area contributed by atoms with E-state index < -0.39 is 17.3 Å². The molecule has 2 aliphatic carbocycles. The van der Waals surface area contributed by atoms with Gasteiger partial charge in [-0.05, 0) is 61.6 Å². The number of pyridine rings is 2. The number of rotatable bonds is 4. The van der Waals surface area contributed by atoms with E-state index in [2.05, 4.69) is 10.6 Å². The number of halogens is 2. The third kappa shape index (κ3) is 3.20. The Kier molecular flexibility index (Phi) is 4.86. The second kappa shape index (κ2) is 6.99. The molecule has 2 atom stereocenters. The fourth-order valence-electron chi connectivity index (χ4n) is 5.03. The second-order valence-electron chi connectivity index (χ2n) is 8.73. The van der Waals surface area contributed by atoms with Crippen LogP contribution in [0.3, 0.4) is 0 Å². The van der Waals surface area contributed by atoms with Crippen LogP contribution >= 0.6 is 0 Å². The Hall–Kier alpha value is -2.12. The minimum Gasteiger partial charge on any atom is -1.00 e. The maximum Gasteiger partial charge on any atom is 0.341 e. The van der Waals surface area contributed by atoms with Crippen LogP contribution < -0.4 is 28.6 Å². The first-order valence-corrected chi connectivity index (χ1v) is 10.1. The highest BCUT2D eigenvalue weighted by Crippen LogP contribution is 2.45. The van der Waals surface area contributed by atoms with E-state index >= 15 is 4.39 Å². The third-order valence-corrected chi connectivity index (χ3v) is 6.73. The van der Waals surface area contributed by atoms with Crippen molar-refractivity contribution in [1.82, 2.24) is 4.40 Å². The van der Waals surface area contributed by atoms with E-state index in [4.69, 9.17) is 0 Å². The van der Waals surface area contributed by atoms with Gasteiger partial charge in [-0.3, -0.25) is 9.20 Å². The van der Waals surface area contributed by atoms with Crippen molar-refractivity contribution in [2.24, 2.45) is 11.8 Å². The number of carbonyl (C=O) groups is 1. The normalized spacial score (nSPS) is 24.0. The molecule has 1 saturated heterocycles. The molecule has 3 heterocycles. The Morgan fingerprint density at radius 3 is 2.52 bits per heavy atom. The molecule has 2 aromatic heterocycles. The number of quaternary nitrogens is 1. The number of hydrogen-bond acceptors (Lipinski definition) is 3. The summed E-state index contributed by atoms with van der Waals surface area (Å²) in [7, 11) is 0. The van der Waals surface area contributed by atoms with Gasteiger partial charge in [-0.15, -0.1) is 0 Å². The molecule has 29 heavy (non-hydrogen) atoms. The van der Waals surface area contributed by atoms with Crippen molar-refractivity contribution >= 4 is 17.2 Å². The van der Waals surface area contributed by atoms with Gasteiger partial charge in [0.05, 0.1) is 23.9 Å². The SMILES string of the molecule is Cc1c(N2C[C@@H]([NH3+])[C@H](C3CC3)C2)c(F)cn2c(=O)c(C(=O)O)cc(C3CC3)c12.[Cl-]. The lowest BCUT2D eigenvalue weighted by atomic mass is 9.99. The van der Waals surface area contributed by atoms with Gasteiger partial charge in [0.25, 0.3) is 5.56 Å². The fraction of sp³-hybridized carbons (Fsp3) is 0.524. The van der Waals surface area contributed by atoms with Crippen LogP contribution in [0.1, 0.15) is 53.1 Å². The second-order valence-corrected chi connectivity index (χ2v) is 8.73. The largest absolute Gasteiger partial charge is 1.00 e. The zero-order chi connectivity index (χ0) is 19.7. The van der Waals surface area contributed by atoms with E-state index in [0.717, 1.165) is 30.5 Å². The lowest BCUT2D eigenvalue weighted by molar-refractivity contribution is -0.424. The number of fused-ring (bicyclic) bond motifs is 1. The van der Waals surface area contributed by atoms with Gasteiger partial charge in [-0.2, -0.15) is 0 Å². The van der Waals surface area contributed by atoms with Crippen LogP contribution in [0.15, 0.2) is 17.1 Å². The molecule has 2 saturated carbocycles. The highest BCUT2D eigenvalue weighted by molar-refractivity contribution is 5.89. The van der Waals surface area contributed by atoms with E-state index in [1.54, 1.807) is 0 Å². The first-order valence-electron chi connectivity index (χ1n) is 10.1. The van der Waals surface area contributed by atoms with Crippen molar-refractivity contribution in [3.63, 3.8) is 0 Å². The molecule has 5 rings (SSSR count). The molecule has 0 spiro atoms. The Bertz CT molecular complexity index is 1060. The summed E-state index contributed by atoms with van der Waals surface area (Å²) in [6, 6.07) is 1.79. The quantitative estimate of drug-likeness (QED) is 0.648. The van der Waals surface area contributed by atoms with Crippen LogP contribution in [0.2, 0.25) is 0 Å². The summed E-state index contributed by atoms with van der Waals surface area (Å²) in [5, 5.41) is 9.41. The molecule has 0 radical (unpaired) electrons. The van der Waals surface area contributed by atoms with Gasteiger partial charge >= 0.3 is 5.97 Å². The highest BCUT2D eigenvalue weighted by atomic mass is 35.5. The van der Waals surface area contributed by atoms with Gasteiger partial charge in [-0.1, -0.05) is 0 Å². The molecule has 0 amide bonds. The number of hydrogen-bond donors (Lipinski definition) is 2. The molecule has 0 aromatic carbocycles. The van der Waals surface area contributed by atoms with E-state index in [-0.39, 0.29) is 29.9 Å². The van der Waals surface area contributed by atoms with Crippen LogP contribution in [-0.4, -0.2) is 34.6 Å². The Morgan fingerprint density at radius 2 is 1.93 bits per heavy atom. The smallest absolute Gasteiger partial charge is 0.341 e. The topological polar surface area (TPSA) is 89.7 Å². The molecular weight excluding hydrogens is 397 g/mol. The van der Waals surface area contributed by atoms with Gasteiger partial charge in [0.15, 0.2) is 5.82 Å². The van der Waals surface area contributed by atoms with Crippen molar-refractivity contribution in [3.8, 4) is 0 Å². The van der Waals surface area contributed by atoms with Gasteiger partial charge in [-0.25, -0.2) is 9.18 Å². The minimum absolute atomic E-state index is 0.